The Labute approximate surface area is 127 Å². The third-order valence-corrected chi connectivity index (χ3v) is 3.69. The maximum Gasteiger partial charge on any atom is 0.421 e. The lowest BCUT2D eigenvalue weighted by molar-refractivity contribution is -0.258. The highest BCUT2D eigenvalue weighted by atomic mass is 19.4. The highest BCUT2D eigenvalue weighted by Gasteiger charge is 2.51. The largest absolute Gasteiger partial charge is 0.494 e. The van der Waals surface area contributed by atoms with Crippen LogP contribution in [0.3, 0.4) is 0 Å². The average Bonchev–Trinajstić information content (AvgIpc) is 2.45. The number of halogens is 3. The second-order valence-electron chi connectivity index (χ2n) is 5.46. The summed E-state index contributed by atoms with van der Waals surface area (Å²) in [6.45, 7) is 3.39. The molecule has 0 amide bonds. The molecular formula is C17H19F3O2. The Hall–Kier alpha value is -1.75. The number of aliphatic hydroxyl groups is 1. The van der Waals surface area contributed by atoms with Crippen molar-refractivity contribution in [2.24, 2.45) is 0 Å². The maximum atomic E-state index is 13.1. The summed E-state index contributed by atoms with van der Waals surface area (Å²) < 4.78 is 44.7. The van der Waals surface area contributed by atoms with Crippen molar-refractivity contribution in [3.05, 3.63) is 42.0 Å². The van der Waals surface area contributed by atoms with Gasteiger partial charge >= 0.3 is 6.18 Å². The summed E-state index contributed by atoms with van der Waals surface area (Å²) in [6, 6.07) is 9.40. The van der Waals surface area contributed by atoms with Gasteiger partial charge in [-0.3, -0.25) is 0 Å². The average molecular weight is 312 g/mol. The molecule has 0 fully saturated rings. The Morgan fingerprint density at radius 1 is 1.14 bits per heavy atom. The lowest BCUT2D eigenvalue weighted by Gasteiger charge is -2.28. The first-order chi connectivity index (χ1) is 10.3. The zero-order valence-electron chi connectivity index (χ0n) is 12.6. The van der Waals surface area contributed by atoms with Crippen LogP contribution in [0.4, 0.5) is 13.2 Å². The molecule has 0 spiro atoms. The van der Waals surface area contributed by atoms with Gasteiger partial charge in [-0.25, -0.2) is 0 Å². The van der Waals surface area contributed by atoms with Crippen LogP contribution < -0.4 is 4.74 Å². The summed E-state index contributed by atoms with van der Waals surface area (Å²) in [5.74, 6) is 0.616. The van der Waals surface area contributed by atoms with Gasteiger partial charge in [0.25, 0.3) is 0 Å². The van der Waals surface area contributed by atoms with Gasteiger partial charge in [0, 0.05) is 5.56 Å². The molecule has 1 unspecified atom stereocenters. The van der Waals surface area contributed by atoms with Crippen molar-refractivity contribution in [2.75, 3.05) is 6.61 Å². The first-order valence-corrected chi connectivity index (χ1v) is 7.22. The van der Waals surface area contributed by atoms with Crippen molar-refractivity contribution in [3.63, 3.8) is 0 Å². The number of benzene rings is 2. The Balaban J connectivity index is 2.42. The molecule has 22 heavy (non-hydrogen) atoms. The SMILES string of the molecule is CCCCOc1ccc2c(C(C)(O)C(F)(F)F)cccc2c1. The van der Waals surface area contributed by atoms with E-state index in [0.29, 0.717) is 23.1 Å². The molecular weight excluding hydrogens is 293 g/mol. The first kappa shape index (κ1) is 16.6. The highest BCUT2D eigenvalue weighted by molar-refractivity contribution is 5.87. The molecule has 0 saturated carbocycles. The van der Waals surface area contributed by atoms with Crippen LogP contribution in [0, 0.1) is 0 Å². The molecule has 0 aliphatic heterocycles. The second kappa shape index (κ2) is 6.16. The van der Waals surface area contributed by atoms with Crippen molar-refractivity contribution in [2.45, 2.75) is 38.5 Å². The van der Waals surface area contributed by atoms with E-state index >= 15 is 0 Å². The molecule has 0 aliphatic carbocycles. The van der Waals surface area contributed by atoms with E-state index in [9.17, 15) is 18.3 Å². The molecule has 2 rings (SSSR count). The molecule has 0 radical (unpaired) electrons. The number of rotatable bonds is 5. The minimum Gasteiger partial charge on any atom is -0.494 e. The number of fused-ring (bicyclic) bond motifs is 1. The Bertz CT molecular complexity index is 648. The maximum absolute atomic E-state index is 13.1. The summed E-state index contributed by atoms with van der Waals surface area (Å²) in [4.78, 5) is 0. The second-order valence-corrected chi connectivity index (χ2v) is 5.46. The molecule has 5 heteroatoms. The van der Waals surface area contributed by atoms with E-state index in [2.05, 4.69) is 6.92 Å². The number of hydrogen-bond acceptors (Lipinski definition) is 2. The van der Waals surface area contributed by atoms with Gasteiger partial charge in [-0.15, -0.1) is 0 Å². The van der Waals surface area contributed by atoms with Crippen LogP contribution in [0.2, 0.25) is 0 Å². The van der Waals surface area contributed by atoms with E-state index in [-0.39, 0.29) is 5.56 Å². The molecule has 0 bridgehead atoms. The molecule has 120 valence electrons. The van der Waals surface area contributed by atoms with Gasteiger partial charge in [0.2, 0.25) is 0 Å². The molecule has 1 N–H and O–H groups in total. The summed E-state index contributed by atoms with van der Waals surface area (Å²) in [7, 11) is 0. The van der Waals surface area contributed by atoms with Crippen LogP contribution in [-0.2, 0) is 5.60 Å². The van der Waals surface area contributed by atoms with E-state index in [0.717, 1.165) is 19.8 Å². The Kier molecular flexibility index (Phi) is 4.66. The summed E-state index contributed by atoms with van der Waals surface area (Å²) in [5.41, 5.74) is -3.05. The molecule has 0 heterocycles. The molecule has 0 aliphatic rings. The molecule has 0 saturated heterocycles. The normalized spacial score (nSPS) is 14.8. The number of alkyl halides is 3. The lowest BCUT2D eigenvalue weighted by atomic mass is 9.90. The van der Waals surface area contributed by atoms with E-state index in [1.54, 1.807) is 24.3 Å². The zero-order valence-corrected chi connectivity index (χ0v) is 12.6. The fraction of sp³-hybridized carbons (Fsp3) is 0.412. The molecule has 2 aromatic carbocycles. The summed E-state index contributed by atoms with van der Waals surface area (Å²) in [5, 5.41) is 10.9. The Morgan fingerprint density at radius 3 is 2.50 bits per heavy atom. The Morgan fingerprint density at radius 2 is 1.86 bits per heavy atom. The topological polar surface area (TPSA) is 29.5 Å². The quantitative estimate of drug-likeness (QED) is 0.804. The third kappa shape index (κ3) is 3.19. The number of ether oxygens (including phenoxy) is 1. The van der Waals surface area contributed by atoms with Crippen molar-refractivity contribution in [1.29, 1.82) is 0 Å². The van der Waals surface area contributed by atoms with Crippen LogP contribution in [0.25, 0.3) is 10.8 Å². The predicted octanol–water partition coefficient (Wildman–Crippen LogP) is 4.79. The van der Waals surface area contributed by atoms with E-state index in [1.165, 1.54) is 12.1 Å². The van der Waals surface area contributed by atoms with Crippen molar-refractivity contribution in [3.8, 4) is 5.75 Å². The monoisotopic (exact) mass is 312 g/mol. The summed E-state index contributed by atoms with van der Waals surface area (Å²) in [6.07, 6.45) is -2.81. The van der Waals surface area contributed by atoms with Crippen LogP contribution in [0.5, 0.6) is 5.75 Å². The summed E-state index contributed by atoms with van der Waals surface area (Å²) >= 11 is 0. The lowest BCUT2D eigenvalue weighted by Crippen LogP contribution is -2.39. The van der Waals surface area contributed by atoms with Crippen LogP contribution >= 0.6 is 0 Å². The zero-order chi connectivity index (χ0) is 16.4. The third-order valence-electron chi connectivity index (χ3n) is 3.69. The minimum absolute atomic E-state index is 0.155. The van der Waals surface area contributed by atoms with Crippen molar-refractivity contribution in [1.82, 2.24) is 0 Å². The van der Waals surface area contributed by atoms with Crippen LogP contribution in [0.1, 0.15) is 32.3 Å². The molecule has 2 aromatic rings. The van der Waals surface area contributed by atoms with Crippen LogP contribution in [-0.4, -0.2) is 17.9 Å². The molecule has 0 aromatic heterocycles. The van der Waals surface area contributed by atoms with Gasteiger partial charge in [0.05, 0.1) is 6.61 Å². The molecule has 2 nitrogen and oxygen atoms in total. The van der Waals surface area contributed by atoms with Gasteiger partial charge in [-0.1, -0.05) is 37.6 Å². The highest BCUT2D eigenvalue weighted by Crippen LogP contribution is 2.41. The van der Waals surface area contributed by atoms with Crippen molar-refractivity contribution < 1.29 is 23.0 Å². The van der Waals surface area contributed by atoms with Crippen LogP contribution in [0.15, 0.2) is 36.4 Å². The minimum atomic E-state index is -4.74. The standard InChI is InChI=1S/C17H19F3O2/c1-3-4-10-22-13-8-9-14-12(11-13)6-5-7-15(14)16(2,21)17(18,19)20/h5-9,11,21H,3-4,10H2,1-2H3. The fourth-order valence-corrected chi connectivity index (χ4v) is 2.26. The smallest absolute Gasteiger partial charge is 0.421 e. The van der Waals surface area contributed by atoms with Gasteiger partial charge in [-0.05, 0) is 36.2 Å². The van der Waals surface area contributed by atoms with E-state index in [1.807, 2.05) is 0 Å². The van der Waals surface area contributed by atoms with Crippen molar-refractivity contribution >= 4 is 10.8 Å². The van der Waals surface area contributed by atoms with E-state index < -0.39 is 11.8 Å². The van der Waals surface area contributed by atoms with Gasteiger partial charge in [-0.2, -0.15) is 13.2 Å². The van der Waals surface area contributed by atoms with Gasteiger partial charge in [0.1, 0.15) is 5.75 Å². The first-order valence-electron chi connectivity index (χ1n) is 7.22. The fourth-order valence-electron chi connectivity index (χ4n) is 2.26. The van der Waals surface area contributed by atoms with E-state index in [4.69, 9.17) is 4.74 Å². The van der Waals surface area contributed by atoms with Gasteiger partial charge in [0.15, 0.2) is 5.60 Å². The predicted molar refractivity (Wildman–Crippen MR) is 80.0 cm³/mol. The number of unbranched alkanes of at least 4 members (excludes halogenated alkanes) is 1. The van der Waals surface area contributed by atoms with Gasteiger partial charge < -0.3 is 9.84 Å². The number of hydrogen-bond donors (Lipinski definition) is 1. The molecule has 1 atom stereocenters.